The fourth-order valence-corrected chi connectivity index (χ4v) is 2.58. The highest BCUT2D eigenvalue weighted by atomic mass is 16.3. The average Bonchev–Trinajstić information content (AvgIpc) is 2.92. The van der Waals surface area contributed by atoms with Crippen molar-refractivity contribution >= 4 is 5.96 Å². The summed E-state index contributed by atoms with van der Waals surface area (Å²) in [4.78, 5) is 4.67. The molecule has 1 heterocycles. The lowest BCUT2D eigenvalue weighted by atomic mass is 9.96. The molecule has 1 aromatic rings. The van der Waals surface area contributed by atoms with E-state index in [1.54, 1.807) is 6.26 Å². The van der Waals surface area contributed by atoms with Crippen LogP contribution >= 0.6 is 0 Å². The minimum Gasteiger partial charge on any atom is -0.469 e. The zero-order chi connectivity index (χ0) is 14.2. The van der Waals surface area contributed by atoms with Crippen LogP contribution in [0.1, 0.15) is 51.7 Å². The van der Waals surface area contributed by atoms with Crippen molar-refractivity contribution < 1.29 is 4.42 Å². The Labute approximate surface area is 122 Å². The van der Waals surface area contributed by atoms with Crippen LogP contribution in [0.15, 0.2) is 27.8 Å². The molecule has 20 heavy (non-hydrogen) atoms. The van der Waals surface area contributed by atoms with Gasteiger partial charge in [-0.15, -0.1) is 0 Å². The Kier molecular flexibility index (Phi) is 5.96. The van der Waals surface area contributed by atoms with Gasteiger partial charge in [-0.1, -0.05) is 19.3 Å². The molecule has 0 unspecified atom stereocenters. The third kappa shape index (κ3) is 5.27. The van der Waals surface area contributed by atoms with E-state index in [1.807, 2.05) is 12.1 Å². The number of hydrogen-bond donors (Lipinski definition) is 2. The molecule has 2 rings (SSSR count). The molecule has 1 aliphatic rings. The second-order valence-electron chi connectivity index (χ2n) is 5.84. The summed E-state index contributed by atoms with van der Waals surface area (Å²) in [6.45, 7) is 5.04. The third-order valence-corrected chi connectivity index (χ3v) is 3.58. The monoisotopic (exact) mass is 277 g/mol. The minimum absolute atomic E-state index is 0.397. The molecule has 0 aliphatic heterocycles. The van der Waals surface area contributed by atoms with Crippen LogP contribution in [-0.2, 0) is 6.42 Å². The van der Waals surface area contributed by atoms with E-state index in [1.165, 1.54) is 32.1 Å². The van der Waals surface area contributed by atoms with Crippen molar-refractivity contribution in [3.05, 3.63) is 24.2 Å². The first-order valence-corrected chi connectivity index (χ1v) is 7.84. The Balaban J connectivity index is 1.84. The summed E-state index contributed by atoms with van der Waals surface area (Å²) in [6.07, 6.45) is 9.13. The molecule has 0 spiro atoms. The van der Waals surface area contributed by atoms with Crippen molar-refractivity contribution in [3.8, 4) is 0 Å². The zero-order valence-electron chi connectivity index (χ0n) is 12.7. The van der Waals surface area contributed by atoms with E-state index in [-0.39, 0.29) is 0 Å². The number of rotatable bonds is 5. The molecule has 4 nitrogen and oxygen atoms in total. The van der Waals surface area contributed by atoms with Gasteiger partial charge in [0, 0.05) is 25.0 Å². The Morgan fingerprint density at radius 2 is 2.15 bits per heavy atom. The first kappa shape index (κ1) is 14.9. The number of guanidine groups is 1. The molecule has 1 fully saturated rings. The molecule has 4 heteroatoms. The molecule has 0 amide bonds. The number of furan rings is 1. The maximum absolute atomic E-state index is 5.34. The molecule has 2 N–H and O–H groups in total. The predicted octanol–water partition coefficient (Wildman–Crippen LogP) is 3.10. The Morgan fingerprint density at radius 3 is 2.80 bits per heavy atom. The minimum atomic E-state index is 0.397. The normalized spacial score (nSPS) is 17.4. The third-order valence-electron chi connectivity index (χ3n) is 3.58. The predicted molar refractivity (Wildman–Crippen MR) is 83.0 cm³/mol. The molecule has 0 bridgehead atoms. The van der Waals surface area contributed by atoms with Gasteiger partial charge in [0.2, 0.25) is 0 Å². The highest BCUT2D eigenvalue weighted by Gasteiger charge is 2.14. The van der Waals surface area contributed by atoms with Gasteiger partial charge in [-0.05, 0) is 38.8 Å². The molecule has 0 saturated heterocycles. The summed E-state index contributed by atoms with van der Waals surface area (Å²) in [5.41, 5.74) is 0. The first-order chi connectivity index (χ1) is 9.74. The zero-order valence-corrected chi connectivity index (χ0v) is 12.7. The number of aliphatic imine (C=N–C) groups is 1. The molecule has 1 aromatic heterocycles. The van der Waals surface area contributed by atoms with Crippen LogP contribution in [-0.4, -0.2) is 24.6 Å². The van der Waals surface area contributed by atoms with Gasteiger partial charge in [0.05, 0.1) is 6.26 Å². The number of nitrogens with zero attached hydrogens (tertiary/aromatic N) is 1. The summed E-state index contributed by atoms with van der Waals surface area (Å²) in [5, 5.41) is 6.99. The topological polar surface area (TPSA) is 49.6 Å². The summed E-state index contributed by atoms with van der Waals surface area (Å²) < 4.78 is 5.34. The van der Waals surface area contributed by atoms with Crippen LogP contribution in [0.3, 0.4) is 0 Å². The summed E-state index contributed by atoms with van der Waals surface area (Å²) >= 11 is 0. The summed E-state index contributed by atoms with van der Waals surface area (Å²) in [5.74, 6) is 1.94. The van der Waals surface area contributed by atoms with Gasteiger partial charge in [0.1, 0.15) is 5.76 Å². The summed E-state index contributed by atoms with van der Waals surface area (Å²) in [6, 6.07) is 4.90. The molecule has 1 aliphatic carbocycles. The van der Waals surface area contributed by atoms with Crippen LogP contribution in [0.25, 0.3) is 0 Å². The standard InChI is InChI=1S/C16H27N3O/c1-13(2)18-16(19-14-7-4-3-5-8-14)17-11-10-15-9-6-12-20-15/h6,9,12-14H,3-5,7-8,10-11H2,1-2H3,(H2,17,18,19). The molecule has 0 atom stereocenters. The van der Waals surface area contributed by atoms with Gasteiger partial charge in [-0.2, -0.15) is 0 Å². The molecule has 1 saturated carbocycles. The van der Waals surface area contributed by atoms with Crippen molar-refractivity contribution in [1.29, 1.82) is 0 Å². The SMILES string of the molecule is CC(C)NC(=NCCc1ccco1)NC1CCCCC1. The maximum Gasteiger partial charge on any atom is 0.191 e. The largest absolute Gasteiger partial charge is 0.469 e. The van der Waals surface area contributed by atoms with Crippen LogP contribution < -0.4 is 10.6 Å². The fraction of sp³-hybridized carbons (Fsp3) is 0.688. The number of nitrogens with one attached hydrogen (secondary N) is 2. The molecular weight excluding hydrogens is 250 g/mol. The van der Waals surface area contributed by atoms with Gasteiger partial charge < -0.3 is 15.1 Å². The van der Waals surface area contributed by atoms with Crippen molar-refractivity contribution in [1.82, 2.24) is 10.6 Å². The van der Waals surface area contributed by atoms with Gasteiger partial charge >= 0.3 is 0 Å². The van der Waals surface area contributed by atoms with Gasteiger partial charge in [-0.25, -0.2) is 0 Å². The smallest absolute Gasteiger partial charge is 0.191 e. The van der Waals surface area contributed by atoms with E-state index in [0.29, 0.717) is 12.1 Å². The Hall–Kier alpha value is -1.45. The van der Waals surface area contributed by atoms with Crippen molar-refractivity contribution in [2.45, 2.75) is 64.5 Å². The van der Waals surface area contributed by atoms with E-state index >= 15 is 0 Å². The van der Waals surface area contributed by atoms with E-state index in [0.717, 1.165) is 24.7 Å². The van der Waals surface area contributed by atoms with Gasteiger partial charge in [0.15, 0.2) is 5.96 Å². The fourth-order valence-electron chi connectivity index (χ4n) is 2.58. The van der Waals surface area contributed by atoms with Crippen LogP contribution in [0.4, 0.5) is 0 Å². The van der Waals surface area contributed by atoms with Crippen molar-refractivity contribution in [2.24, 2.45) is 4.99 Å². The Morgan fingerprint density at radius 1 is 1.35 bits per heavy atom. The second-order valence-corrected chi connectivity index (χ2v) is 5.84. The van der Waals surface area contributed by atoms with Crippen LogP contribution in [0.2, 0.25) is 0 Å². The van der Waals surface area contributed by atoms with Crippen molar-refractivity contribution in [3.63, 3.8) is 0 Å². The van der Waals surface area contributed by atoms with E-state index in [2.05, 4.69) is 29.5 Å². The first-order valence-electron chi connectivity index (χ1n) is 7.84. The van der Waals surface area contributed by atoms with Crippen LogP contribution in [0.5, 0.6) is 0 Å². The van der Waals surface area contributed by atoms with E-state index in [4.69, 9.17) is 4.42 Å². The summed E-state index contributed by atoms with van der Waals surface area (Å²) in [7, 11) is 0. The molecule has 0 radical (unpaired) electrons. The molecule has 112 valence electrons. The molecular formula is C16H27N3O. The van der Waals surface area contributed by atoms with Gasteiger partial charge in [0.25, 0.3) is 0 Å². The highest BCUT2D eigenvalue weighted by molar-refractivity contribution is 5.80. The van der Waals surface area contributed by atoms with Crippen LogP contribution in [0, 0.1) is 0 Å². The number of hydrogen-bond acceptors (Lipinski definition) is 2. The van der Waals surface area contributed by atoms with Gasteiger partial charge in [-0.3, -0.25) is 4.99 Å². The maximum atomic E-state index is 5.34. The lowest BCUT2D eigenvalue weighted by Gasteiger charge is -2.26. The average molecular weight is 277 g/mol. The second kappa shape index (κ2) is 7.98. The van der Waals surface area contributed by atoms with E-state index in [9.17, 15) is 0 Å². The highest BCUT2D eigenvalue weighted by Crippen LogP contribution is 2.17. The van der Waals surface area contributed by atoms with Crippen molar-refractivity contribution in [2.75, 3.05) is 6.54 Å². The quantitative estimate of drug-likeness (QED) is 0.642. The molecule has 0 aromatic carbocycles. The lowest BCUT2D eigenvalue weighted by molar-refractivity contribution is 0.408. The van der Waals surface area contributed by atoms with E-state index < -0.39 is 0 Å². The Bertz CT molecular complexity index is 392. The lowest BCUT2D eigenvalue weighted by Crippen LogP contribution is -2.46.